The highest BCUT2D eigenvalue weighted by Crippen LogP contribution is 2.21. The Morgan fingerprint density at radius 1 is 1.50 bits per heavy atom. The number of rotatable bonds is 5. The maximum atomic E-state index is 6.06. The van der Waals surface area contributed by atoms with E-state index < -0.39 is 0 Å². The molecule has 1 aromatic carbocycles. The summed E-state index contributed by atoms with van der Waals surface area (Å²) in [6, 6.07) is 9.30. The molecule has 2 unspecified atom stereocenters. The summed E-state index contributed by atoms with van der Waals surface area (Å²) in [4.78, 5) is 2.46. The first-order valence-corrected chi connectivity index (χ1v) is 7.27. The van der Waals surface area contributed by atoms with Crippen LogP contribution in [0, 0.1) is 0 Å². The molecule has 1 aromatic rings. The molecule has 0 aliphatic carbocycles. The molecule has 1 fully saturated rings. The molecule has 1 aliphatic rings. The molecule has 100 valence electrons. The van der Waals surface area contributed by atoms with E-state index in [1.54, 1.807) is 0 Å². The maximum absolute atomic E-state index is 6.06. The lowest BCUT2D eigenvalue weighted by atomic mass is 10.0. The second-order valence-corrected chi connectivity index (χ2v) is 5.64. The van der Waals surface area contributed by atoms with E-state index in [-0.39, 0.29) is 0 Å². The summed E-state index contributed by atoms with van der Waals surface area (Å²) in [6.07, 6.45) is 3.74. The average Bonchev–Trinajstić information content (AvgIpc) is 2.76. The number of benzene rings is 1. The predicted octanol–water partition coefficient (Wildman–Crippen LogP) is 3.47. The highest BCUT2D eigenvalue weighted by Gasteiger charge is 2.21. The molecule has 1 heterocycles. The van der Waals surface area contributed by atoms with Crippen molar-refractivity contribution < 1.29 is 0 Å². The quantitative estimate of drug-likeness (QED) is 0.878. The van der Waals surface area contributed by atoms with Gasteiger partial charge in [0.15, 0.2) is 0 Å². The molecule has 0 radical (unpaired) electrons. The van der Waals surface area contributed by atoms with E-state index in [2.05, 4.69) is 36.3 Å². The molecular formula is C15H23ClN2. The van der Waals surface area contributed by atoms with Crippen molar-refractivity contribution in [1.29, 1.82) is 0 Å². The van der Waals surface area contributed by atoms with Crippen LogP contribution in [0.15, 0.2) is 24.3 Å². The van der Waals surface area contributed by atoms with Crippen LogP contribution < -0.4 is 5.32 Å². The lowest BCUT2D eigenvalue weighted by molar-refractivity contribution is 0.290. The summed E-state index contributed by atoms with van der Waals surface area (Å²) in [5, 5.41) is 4.51. The van der Waals surface area contributed by atoms with E-state index in [0.717, 1.165) is 18.0 Å². The Morgan fingerprint density at radius 3 is 2.94 bits per heavy atom. The molecule has 2 rings (SSSR count). The summed E-state index contributed by atoms with van der Waals surface area (Å²) in [5.74, 6) is 0. The lowest BCUT2D eigenvalue weighted by Gasteiger charge is -2.24. The molecule has 0 amide bonds. The Labute approximate surface area is 115 Å². The minimum Gasteiger partial charge on any atom is -0.308 e. The van der Waals surface area contributed by atoms with Crippen LogP contribution in [0.2, 0.25) is 5.02 Å². The first-order valence-electron chi connectivity index (χ1n) is 6.89. The molecule has 2 nitrogen and oxygen atoms in total. The lowest BCUT2D eigenvalue weighted by Crippen LogP contribution is -2.37. The van der Waals surface area contributed by atoms with Gasteiger partial charge >= 0.3 is 0 Å². The second-order valence-electron chi connectivity index (χ2n) is 5.20. The zero-order valence-electron chi connectivity index (χ0n) is 11.3. The third-order valence-corrected chi connectivity index (χ3v) is 4.17. The second kappa shape index (κ2) is 6.55. The molecule has 0 aromatic heterocycles. The van der Waals surface area contributed by atoms with Crippen molar-refractivity contribution >= 4 is 11.6 Å². The van der Waals surface area contributed by atoms with E-state index in [0.29, 0.717) is 12.1 Å². The first-order chi connectivity index (χ1) is 8.70. The van der Waals surface area contributed by atoms with Gasteiger partial charge in [0.1, 0.15) is 0 Å². The van der Waals surface area contributed by atoms with Crippen LogP contribution in [0.25, 0.3) is 0 Å². The number of halogens is 1. The van der Waals surface area contributed by atoms with Crippen LogP contribution in [-0.2, 0) is 0 Å². The topological polar surface area (TPSA) is 15.3 Å². The van der Waals surface area contributed by atoms with Gasteiger partial charge in [0.05, 0.1) is 0 Å². The van der Waals surface area contributed by atoms with Crippen LogP contribution in [0.5, 0.6) is 0 Å². The summed E-state index contributed by atoms with van der Waals surface area (Å²) >= 11 is 6.06. The summed E-state index contributed by atoms with van der Waals surface area (Å²) in [6.45, 7) is 4.53. The van der Waals surface area contributed by atoms with Gasteiger partial charge in [0.2, 0.25) is 0 Å². The first kappa shape index (κ1) is 13.9. The zero-order chi connectivity index (χ0) is 13.0. The largest absolute Gasteiger partial charge is 0.308 e. The van der Waals surface area contributed by atoms with E-state index in [9.17, 15) is 0 Å². The smallest absolute Gasteiger partial charge is 0.0409 e. The van der Waals surface area contributed by atoms with Crippen molar-refractivity contribution in [3.63, 3.8) is 0 Å². The van der Waals surface area contributed by atoms with Crippen molar-refractivity contribution in [2.24, 2.45) is 0 Å². The highest BCUT2D eigenvalue weighted by atomic mass is 35.5. The normalized spacial score (nSPS) is 22.3. The van der Waals surface area contributed by atoms with E-state index in [1.807, 2.05) is 12.1 Å². The fraction of sp³-hybridized carbons (Fsp3) is 0.600. The molecule has 1 aliphatic heterocycles. The molecule has 3 heteroatoms. The number of nitrogens with zero attached hydrogens (tertiary/aromatic N) is 1. The van der Waals surface area contributed by atoms with Gasteiger partial charge in [-0.1, -0.05) is 30.7 Å². The Balaban J connectivity index is 1.93. The standard InChI is InChI=1S/C15H23ClN2/c1-3-15(12-6-4-7-13(16)10-12)17-11-14-8-5-9-18(14)2/h4,6-7,10,14-15,17H,3,5,8-9,11H2,1-2H3. The number of likely N-dealkylation sites (N-methyl/N-ethyl adjacent to an activating group) is 1. The number of likely N-dealkylation sites (tertiary alicyclic amines) is 1. The van der Waals surface area contributed by atoms with Gasteiger partial charge in [0, 0.05) is 23.7 Å². The van der Waals surface area contributed by atoms with Crippen molar-refractivity contribution in [3.8, 4) is 0 Å². The van der Waals surface area contributed by atoms with E-state index in [1.165, 1.54) is 24.9 Å². The van der Waals surface area contributed by atoms with Gasteiger partial charge in [-0.15, -0.1) is 0 Å². The van der Waals surface area contributed by atoms with Gasteiger partial charge in [0.25, 0.3) is 0 Å². The minimum absolute atomic E-state index is 0.415. The molecule has 18 heavy (non-hydrogen) atoms. The van der Waals surface area contributed by atoms with Crippen LogP contribution in [0.3, 0.4) is 0 Å². The summed E-state index contributed by atoms with van der Waals surface area (Å²) in [5.41, 5.74) is 1.30. The Kier molecular flexibility index (Phi) is 5.04. The fourth-order valence-corrected chi connectivity index (χ4v) is 2.94. The maximum Gasteiger partial charge on any atom is 0.0409 e. The molecule has 2 atom stereocenters. The average molecular weight is 267 g/mol. The van der Waals surface area contributed by atoms with Crippen LogP contribution in [-0.4, -0.2) is 31.1 Å². The molecule has 1 saturated heterocycles. The van der Waals surface area contributed by atoms with Gasteiger partial charge < -0.3 is 10.2 Å². The van der Waals surface area contributed by atoms with Crippen molar-refractivity contribution in [2.45, 2.75) is 38.3 Å². The molecule has 0 spiro atoms. The predicted molar refractivity (Wildman–Crippen MR) is 78.1 cm³/mol. The third-order valence-electron chi connectivity index (χ3n) is 3.93. The van der Waals surface area contributed by atoms with E-state index in [4.69, 9.17) is 11.6 Å². The minimum atomic E-state index is 0.415. The van der Waals surface area contributed by atoms with Crippen LogP contribution >= 0.6 is 11.6 Å². The van der Waals surface area contributed by atoms with Gasteiger partial charge in [-0.2, -0.15) is 0 Å². The van der Waals surface area contributed by atoms with Crippen molar-refractivity contribution in [3.05, 3.63) is 34.9 Å². The molecule has 1 N–H and O–H groups in total. The van der Waals surface area contributed by atoms with E-state index >= 15 is 0 Å². The molecule has 0 saturated carbocycles. The Bertz CT molecular complexity index is 381. The molecular weight excluding hydrogens is 244 g/mol. The fourth-order valence-electron chi connectivity index (χ4n) is 2.74. The van der Waals surface area contributed by atoms with Crippen LogP contribution in [0.4, 0.5) is 0 Å². The Morgan fingerprint density at radius 2 is 2.33 bits per heavy atom. The zero-order valence-corrected chi connectivity index (χ0v) is 12.1. The van der Waals surface area contributed by atoms with Gasteiger partial charge in [-0.3, -0.25) is 0 Å². The summed E-state index contributed by atoms with van der Waals surface area (Å²) < 4.78 is 0. The van der Waals surface area contributed by atoms with Crippen LogP contribution in [0.1, 0.15) is 37.8 Å². The van der Waals surface area contributed by atoms with Gasteiger partial charge in [-0.05, 0) is 50.6 Å². The number of nitrogens with one attached hydrogen (secondary N) is 1. The monoisotopic (exact) mass is 266 g/mol. The highest BCUT2D eigenvalue weighted by molar-refractivity contribution is 6.30. The SMILES string of the molecule is CCC(NCC1CCCN1C)c1cccc(Cl)c1. The molecule has 0 bridgehead atoms. The number of hydrogen-bond acceptors (Lipinski definition) is 2. The number of hydrogen-bond donors (Lipinski definition) is 1. The van der Waals surface area contributed by atoms with Crippen molar-refractivity contribution in [2.75, 3.05) is 20.1 Å². The third kappa shape index (κ3) is 3.47. The summed E-state index contributed by atoms with van der Waals surface area (Å²) in [7, 11) is 2.22. The van der Waals surface area contributed by atoms with Crippen molar-refractivity contribution in [1.82, 2.24) is 10.2 Å². The Hall–Kier alpha value is -0.570. The van der Waals surface area contributed by atoms with Gasteiger partial charge in [-0.25, -0.2) is 0 Å².